The predicted molar refractivity (Wildman–Crippen MR) is 71.3 cm³/mol. The Balaban J connectivity index is 2.26. The molecule has 0 saturated carbocycles. The zero-order valence-corrected chi connectivity index (χ0v) is 9.76. The normalized spacial score (nSPS) is 13.4. The van der Waals surface area contributed by atoms with E-state index in [0.717, 1.165) is 22.3 Å². The lowest BCUT2D eigenvalue weighted by Crippen LogP contribution is -2.06. The molecule has 0 radical (unpaired) electrons. The van der Waals surface area contributed by atoms with E-state index in [0.29, 0.717) is 6.42 Å². The Bertz CT molecular complexity index is 640. The van der Waals surface area contributed by atoms with E-state index < -0.39 is 0 Å². The van der Waals surface area contributed by atoms with E-state index >= 15 is 0 Å². The first-order valence-corrected chi connectivity index (χ1v) is 5.87. The van der Waals surface area contributed by atoms with Gasteiger partial charge in [-0.25, -0.2) is 0 Å². The SMILES string of the molecule is O=C1C=Cc2c(ccc(O)c2-c2ccccc2)C1. The molecule has 0 fully saturated rings. The van der Waals surface area contributed by atoms with Crippen molar-refractivity contribution in [2.75, 3.05) is 0 Å². The average Bonchev–Trinajstić information content (AvgIpc) is 2.40. The number of benzene rings is 2. The fourth-order valence-electron chi connectivity index (χ4n) is 2.33. The minimum Gasteiger partial charge on any atom is -0.507 e. The van der Waals surface area contributed by atoms with Gasteiger partial charge < -0.3 is 5.11 Å². The van der Waals surface area contributed by atoms with Crippen LogP contribution >= 0.6 is 0 Å². The van der Waals surface area contributed by atoms with Crippen LogP contribution in [0.3, 0.4) is 0 Å². The van der Waals surface area contributed by atoms with Crippen molar-refractivity contribution in [2.45, 2.75) is 6.42 Å². The summed E-state index contributed by atoms with van der Waals surface area (Å²) in [5, 5.41) is 10.1. The number of phenolic OH excluding ortho intramolecular Hbond substituents is 1. The van der Waals surface area contributed by atoms with Gasteiger partial charge in [0.15, 0.2) is 5.78 Å². The maximum atomic E-state index is 11.4. The molecule has 2 nitrogen and oxygen atoms in total. The smallest absolute Gasteiger partial charge is 0.160 e. The molecule has 0 aliphatic heterocycles. The number of phenols is 1. The Hall–Kier alpha value is -2.35. The second-order valence-electron chi connectivity index (χ2n) is 4.37. The van der Waals surface area contributed by atoms with Crippen molar-refractivity contribution in [3.05, 3.63) is 59.7 Å². The van der Waals surface area contributed by atoms with Gasteiger partial charge in [-0.2, -0.15) is 0 Å². The molecule has 0 unspecified atom stereocenters. The Morgan fingerprint density at radius 1 is 0.944 bits per heavy atom. The third-order valence-corrected chi connectivity index (χ3v) is 3.18. The number of carbonyl (C=O) groups is 1. The zero-order valence-electron chi connectivity index (χ0n) is 9.76. The summed E-state index contributed by atoms with van der Waals surface area (Å²) in [4.78, 5) is 11.4. The first-order chi connectivity index (χ1) is 8.75. The van der Waals surface area contributed by atoms with Crippen molar-refractivity contribution in [3.8, 4) is 16.9 Å². The summed E-state index contributed by atoms with van der Waals surface area (Å²) in [7, 11) is 0. The molecule has 0 saturated heterocycles. The third-order valence-electron chi connectivity index (χ3n) is 3.18. The van der Waals surface area contributed by atoms with Crippen molar-refractivity contribution in [1.29, 1.82) is 0 Å². The largest absolute Gasteiger partial charge is 0.507 e. The molecule has 1 N–H and O–H groups in total. The van der Waals surface area contributed by atoms with Crippen LogP contribution in [0.1, 0.15) is 11.1 Å². The van der Waals surface area contributed by atoms with Gasteiger partial charge in [0.1, 0.15) is 5.75 Å². The molecule has 0 amide bonds. The quantitative estimate of drug-likeness (QED) is 0.825. The fourth-order valence-corrected chi connectivity index (χ4v) is 2.33. The molecule has 18 heavy (non-hydrogen) atoms. The van der Waals surface area contributed by atoms with Gasteiger partial charge >= 0.3 is 0 Å². The summed E-state index contributed by atoms with van der Waals surface area (Å²) in [6, 6.07) is 13.2. The summed E-state index contributed by atoms with van der Waals surface area (Å²) in [6.07, 6.45) is 3.78. The maximum absolute atomic E-state index is 11.4. The standard InChI is InChI=1S/C16H12O2/c17-13-7-8-14-12(10-13)6-9-15(18)16(14)11-4-2-1-3-5-11/h1-9,18H,10H2. The number of fused-ring (bicyclic) bond motifs is 1. The number of carbonyl (C=O) groups excluding carboxylic acids is 1. The Kier molecular flexibility index (Phi) is 2.49. The van der Waals surface area contributed by atoms with Crippen molar-refractivity contribution in [2.24, 2.45) is 0 Å². The highest BCUT2D eigenvalue weighted by Crippen LogP contribution is 2.36. The number of hydrogen-bond acceptors (Lipinski definition) is 2. The molecule has 0 heterocycles. The summed E-state index contributed by atoms with van der Waals surface area (Å²) in [5.41, 5.74) is 3.68. The van der Waals surface area contributed by atoms with Crippen LogP contribution in [0.15, 0.2) is 48.5 Å². The van der Waals surface area contributed by atoms with Crippen molar-refractivity contribution >= 4 is 11.9 Å². The van der Waals surface area contributed by atoms with E-state index in [1.807, 2.05) is 36.4 Å². The molecular weight excluding hydrogens is 224 g/mol. The van der Waals surface area contributed by atoms with Gasteiger partial charge in [-0.1, -0.05) is 42.5 Å². The van der Waals surface area contributed by atoms with Gasteiger partial charge in [0, 0.05) is 12.0 Å². The van der Waals surface area contributed by atoms with Gasteiger partial charge in [0.05, 0.1) is 0 Å². The summed E-state index contributed by atoms with van der Waals surface area (Å²) >= 11 is 0. The Labute approximate surface area is 105 Å². The number of ketones is 1. The van der Waals surface area contributed by atoms with Crippen LogP contribution in [0.4, 0.5) is 0 Å². The molecule has 3 rings (SSSR count). The molecule has 2 heteroatoms. The van der Waals surface area contributed by atoms with Gasteiger partial charge in [0.25, 0.3) is 0 Å². The lowest BCUT2D eigenvalue weighted by atomic mass is 9.89. The average molecular weight is 236 g/mol. The molecule has 2 aromatic carbocycles. The molecule has 88 valence electrons. The van der Waals surface area contributed by atoms with Crippen LogP contribution in [-0.4, -0.2) is 10.9 Å². The highest BCUT2D eigenvalue weighted by atomic mass is 16.3. The Morgan fingerprint density at radius 3 is 2.50 bits per heavy atom. The summed E-state index contributed by atoms with van der Waals surface area (Å²) in [5.74, 6) is 0.353. The second-order valence-corrected chi connectivity index (χ2v) is 4.37. The number of hydrogen-bond donors (Lipinski definition) is 1. The minimum atomic E-state index is 0.104. The highest BCUT2D eigenvalue weighted by molar-refractivity contribution is 6.00. The molecule has 0 bridgehead atoms. The molecule has 0 spiro atoms. The van der Waals surface area contributed by atoms with Crippen molar-refractivity contribution < 1.29 is 9.90 Å². The van der Waals surface area contributed by atoms with Crippen LogP contribution in [0.5, 0.6) is 5.75 Å². The van der Waals surface area contributed by atoms with Crippen LogP contribution in [0, 0.1) is 0 Å². The summed E-state index contributed by atoms with van der Waals surface area (Å²) in [6.45, 7) is 0. The molecule has 2 aromatic rings. The van der Waals surface area contributed by atoms with E-state index in [4.69, 9.17) is 0 Å². The third kappa shape index (κ3) is 1.72. The monoisotopic (exact) mass is 236 g/mol. The predicted octanol–water partition coefficient (Wildman–Crippen LogP) is 3.20. The van der Waals surface area contributed by atoms with E-state index in [9.17, 15) is 9.90 Å². The second kappa shape index (κ2) is 4.15. The van der Waals surface area contributed by atoms with E-state index in [1.165, 1.54) is 0 Å². The molecule has 0 atom stereocenters. The van der Waals surface area contributed by atoms with Gasteiger partial charge in [-0.05, 0) is 28.8 Å². The number of rotatable bonds is 1. The molecule has 0 aromatic heterocycles. The summed E-state index contributed by atoms with van der Waals surface area (Å²) < 4.78 is 0. The number of allylic oxidation sites excluding steroid dienone is 1. The first-order valence-electron chi connectivity index (χ1n) is 5.87. The molecular formula is C16H12O2. The van der Waals surface area contributed by atoms with E-state index in [-0.39, 0.29) is 11.5 Å². The zero-order chi connectivity index (χ0) is 12.5. The van der Waals surface area contributed by atoms with Crippen LogP contribution < -0.4 is 0 Å². The van der Waals surface area contributed by atoms with Crippen LogP contribution in [-0.2, 0) is 11.2 Å². The lowest BCUT2D eigenvalue weighted by molar-refractivity contribution is -0.114. The first kappa shape index (κ1) is 10.8. The van der Waals surface area contributed by atoms with Gasteiger partial charge in [-0.3, -0.25) is 4.79 Å². The maximum Gasteiger partial charge on any atom is 0.160 e. The Morgan fingerprint density at radius 2 is 1.72 bits per heavy atom. The van der Waals surface area contributed by atoms with Gasteiger partial charge in [-0.15, -0.1) is 0 Å². The van der Waals surface area contributed by atoms with E-state index in [1.54, 1.807) is 18.2 Å². The number of aromatic hydroxyl groups is 1. The van der Waals surface area contributed by atoms with Gasteiger partial charge in [0.2, 0.25) is 0 Å². The fraction of sp³-hybridized carbons (Fsp3) is 0.0625. The minimum absolute atomic E-state index is 0.104. The lowest BCUT2D eigenvalue weighted by Gasteiger charge is -2.16. The van der Waals surface area contributed by atoms with Crippen LogP contribution in [0.2, 0.25) is 0 Å². The topological polar surface area (TPSA) is 37.3 Å². The van der Waals surface area contributed by atoms with E-state index in [2.05, 4.69) is 0 Å². The van der Waals surface area contributed by atoms with Crippen molar-refractivity contribution in [3.63, 3.8) is 0 Å². The van der Waals surface area contributed by atoms with Crippen LogP contribution in [0.25, 0.3) is 17.2 Å². The highest BCUT2D eigenvalue weighted by Gasteiger charge is 2.17. The molecule has 1 aliphatic carbocycles. The van der Waals surface area contributed by atoms with Crippen molar-refractivity contribution in [1.82, 2.24) is 0 Å². The molecule has 1 aliphatic rings.